The SMILES string of the molecule is CC1=CCC23C(O)C(CC/C=C4/COC(C)(C)OC4CC2(COC(=O)c2c(C4C=CC=CCC4)nn(C)c2C)N1)[C@H]1C(C[C@H]3C)C1(C)C. The Kier molecular flexibility index (Phi) is 8.44. The van der Waals surface area contributed by atoms with Crippen LogP contribution < -0.4 is 5.32 Å². The number of hydrogen-bond acceptors (Lipinski definition) is 7. The van der Waals surface area contributed by atoms with E-state index in [1.54, 1.807) is 4.68 Å². The van der Waals surface area contributed by atoms with Crippen LogP contribution in [0, 0.1) is 41.4 Å². The molecule has 1 spiro atoms. The monoisotopic (exact) mass is 659 g/mol. The number of rotatable bonds is 4. The van der Waals surface area contributed by atoms with Gasteiger partial charge in [0.25, 0.3) is 0 Å². The molecule has 8 nitrogen and oxygen atoms in total. The molecule has 48 heavy (non-hydrogen) atoms. The number of hydrogen-bond donors (Lipinski definition) is 2. The summed E-state index contributed by atoms with van der Waals surface area (Å²) >= 11 is 0. The number of allylic oxidation sites excluding steroid dienone is 7. The lowest BCUT2D eigenvalue weighted by atomic mass is 9.51. The van der Waals surface area contributed by atoms with Crippen LogP contribution in [0.25, 0.3) is 0 Å². The standard InChI is InChI=1S/C40H57N3O5/c1-24-20-30-33(37(30,4)5)29-17-13-16-28-22-47-38(6,7)48-31(28)21-39(40(24,35(29)44)19-18-25(2)41-39)23-46-36(45)32-26(3)43(8)42-34(32)27-14-11-9-10-12-15-27/h9-11,14,16,18,24,27,29-31,33,35,41,44H,12-13,15,17,19-23H2,1-8H3/b28-16-/t24-,27?,29?,30?,31?,33+,35?,39?,40?/m1/s1. The van der Waals surface area contributed by atoms with E-state index >= 15 is 0 Å². The quantitative estimate of drug-likeness (QED) is 0.264. The number of aromatic nitrogens is 2. The Balaban J connectivity index is 1.32. The van der Waals surface area contributed by atoms with Gasteiger partial charge in [0.05, 0.1) is 30.0 Å². The molecule has 262 valence electrons. The summed E-state index contributed by atoms with van der Waals surface area (Å²) in [6, 6.07) is 0. The van der Waals surface area contributed by atoms with Crippen molar-refractivity contribution >= 4 is 5.97 Å². The molecule has 6 aliphatic rings. The summed E-state index contributed by atoms with van der Waals surface area (Å²) in [7, 11) is 1.90. The Morgan fingerprint density at radius 3 is 2.73 bits per heavy atom. The smallest absolute Gasteiger partial charge is 0.342 e. The fourth-order valence-corrected chi connectivity index (χ4v) is 10.8. The summed E-state index contributed by atoms with van der Waals surface area (Å²) in [5, 5.41) is 21.8. The summed E-state index contributed by atoms with van der Waals surface area (Å²) in [6.45, 7) is 15.8. The lowest BCUT2D eigenvalue weighted by molar-refractivity contribution is -0.261. The van der Waals surface area contributed by atoms with Gasteiger partial charge in [-0.3, -0.25) is 4.68 Å². The number of aliphatic hydroxyl groups is 1. The van der Waals surface area contributed by atoms with Crippen LogP contribution in [0.15, 0.2) is 47.7 Å². The van der Waals surface area contributed by atoms with E-state index < -0.39 is 22.8 Å². The van der Waals surface area contributed by atoms with Crippen LogP contribution in [0.3, 0.4) is 0 Å². The van der Waals surface area contributed by atoms with E-state index in [0.717, 1.165) is 61.2 Å². The molecule has 2 saturated carbocycles. The summed E-state index contributed by atoms with van der Waals surface area (Å²) in [4.78, 5) is 14.4. The van der Waals surface area contributed by atoms with Crippen LogP contribution >= 0.6 is 0 Å². The van der Waals surface area contributed by atoms with E-state index in [2.05, 4.69) is 69.5 Å². The molecule has 0 radical (unpaired) electrons. The predicted octanol–water partition coefficient (Wildman–Crippen LogP) is 7.05. The number of ether oxygens (including phenoxy) is 3. The highest BCUT2D eigenvalue weighted by Gasteiger charge is 2.71. The van der Waals surface area contributed by atoms with E-state index in [1.807, 2.05) is 27.8 Å². The zero-order chi connectivity index (χ0) is 34.2. The van der Waals surface area contributed by atoms with Gasteiger partial charge in [0.2, 0.25) is 0 Å². The maximum atomic E-state index is 14.4. The normalized spacial score (nSPS) is 40.7. The van der Waals surface area contributed by atoms with Gasteiger partial charge in [-0.1, -0.05) is 57.2 Å². The minimum absolute atomic E-state index is 0.0312. The Bertz CT molecular complexity index is 1570. The van der Waals surface area contributed by atoms with Crippen LogP contribution in [0.5, 0.6) is 0 Å². The first-order valence-electron chi connectivity index (χ1n) is 18.4. The van der Waals surface area contributed by atoms with E-state index in [1.165, 1.54) is 0 Å². The molecule has 3 fully saturated rings. The zero-order valence-electron chi connectivity index (χ0n) is 30.3. The van der Waals surface area contributed by atoms with Gasteiger partial charge in [0, 0.05) is 36.2 Å². The number of esters is 1. The van der Waals surface area contributed by atoms with Crippen molar-refractivity contribution in [2.45, 2.75) is 123 Å². The summed E-state index contributed by atoms with van der Waals surface area (Å²) < 4.78 is 21.3. The molecule has 8 heteroatoms. The van der Waals surface area contributed by atoms with Crippen molar-refractivity contribution in [2.75, 3.05) is 13.2 Å². The maximum Gasteiger partial charge on any atom is 0.342 e. The highest BCUT2D eigenvalue weighted by Crippen LogP contribution is 2.71. The van der Waals surface area contributed by atoms with Crippen LogP contribution in [0.1, 0.15) is 114 Å². The lowest BCUT2D eigenvalue weighted by Crippen LogP contribution is -2.71. The highest BCUT2D eigenvalue weighted by atomic mass is 16.7. The van der Waals surface area contributed by atoms with Crippen molar-refractivity contribution < 1.29 is 24.1 Å². The minimum Gasteiger partial charge on any atom is -0.459 e. The Morgan fingerprint density at radius 1 is 1.15 bits per heavy atom. The van der Waals surface area contributed by atoms with Crippen molar-refractivity contribution in [3.8, 4) is 0 Å². The van der Waals surface area contributed by atoms with Gasteiger partial charge in [0.15, 0.2) is 5.79 Å². The van der Waals surface area contributed by atoms with Gasteiger partial charge >= 0.3 is 5.97 Å². The number of carbonyl (C=O) groups excluding carboxylic acids is 1. The second kappa shape index (κ2) is 12.0. The molecule has 1 aromatic rings. The highest BCUT2D eigenvalue weighted by molar-refractivity contribution is 5.92. The first kappa shape index (κ1) is 33.8. The summed E-state index contributed by atoms with van der Waals surface area (Å²) in [5.41, 5.74) is 3.19. The van der Waals surface area contributed by atoms with Crippen molar-refractivity contribution in [3.05, 3.63) is 64.7 Å². The molecule has 1 saturated heterocycles. The number of fused-ring (bicyclic) bond motifs is 4. The summed E-state index contributed by atoms with van der Waals surface area (Å²) in [5.74, 6) is 0.298. The van der Waals surface area contributed by atoms with Crippen LogP contribution in [0.2, 0.25) is 0 Å². The van der Waals surface area contributed by atoms with Gasteiger partial charge in [-0.05, 0) is 101 Å². The van der Waals surface area contributed by atoms with E-state index in [-0.39, 0.29) is 41.8 Å². The Morgan fingerprint density at radius 2 is 1.94 bits per heavy atom. The van der Waals surface area contributed by atoms with Crippen LogP contribution in [-0.4, -0.2) is 57.6 Å². The molecular formula is C40H57N3O5. The fourth-order valence-electron chi connectivity index (χ4n) is 10.8. The molecule has 3 heterocycles. The molecular weight excluding hydrogens is 602 g/mol. The van der Waals surface area contributed by atoms with Crippen molar-refractivity contribution in [1.82, 2.24) is 15.1 Å². The van der Waals surface area contributed by atoms with Crippen LogP contribution in [0.4, 0.5) is 0 Å². The predicted molar refractivity (Wildman–Crippen MR) is 186 cm³/mol. The third-order valence-electron chi connectivity index (χ3n) is 13.6. The van der Waals surface area contributed by atoms with Gasteiger partial charge in [-0.15, -0.1) is 0 Å². The molecule has 0 amide bonds. The van der Waals surface area contributed by atoms with E-state index in [4.69, 9.17) is 19.3 Å². The van der Waals surface area contributed by atoms with Gasteiger partial charge in [0.1, 0.15) is 12.2 Å². The summed E-state index contributed by atoms with van der Waals surface area (Å²) in [6.07, 6.45) is 18.1. The maximum absolute atomic E-state index is 14.4. The molecule has 9 atom stereocenters. The lowest BCUT2D eigenvalue weighted by Gasteiger charge is -2.60. The average Bonchev–Trinajstić information content (AvgIpc) is 3.58. The Labute approximate surface area is 287 Å². The topological polar surface area (TPSA) is 94.8 Å². The largest absolute Gasteiger partial charge is 0.459 e. The first-order valence-corrected chi connectivity index (χ1v) is 18.4. The third kappa shape index (κ3) is 5.36. The van der Waals surface area contributed by atoms with Crippen LogP contribution in [-0.2, 0) is 21.3 Å². The molecule has 0 aromatic carbocycles. The molecule has 2 aliphatic heterocycles. The number of carbonyl (C=O) groups is 1. The van der Waals surface area contributed by atoms with E-state index in [9.17, 15) is 9.90 Å². The Hall–Kier alpha value is -2.68. The molecule has 4 aliphatic carbocycles. The van der Waals surface area contributed by atoms with Crippen molar-refractivity contribution in [1.29, 1.82) is 0 Å². The van der Waals surface area contributed by atoms with Crippen molar-refractivity contribution in [3.63, 3.8) is 0 Å². The van der Waals surface area contributed by atoms with Gasteiger partial charge in [-0.25, -0.2) is 4.79 Å². The number of aliphatic hydroxyl groups excluding tert-OH is 1. The number of nitrogens with one attached hydrogen (secondary N) is 1. The molecule has 2 N–H and O–H groups in total. The van der Waals surface area contributed by atoms with E-state index in [0.29, 0.717) is 30.4 Å². The minimum atomic E-state index is -0.781. The second-order valence-electron chi connectivity index (χ2n) is 16.9. The third-order valence-corrected chi connectivity index (χ3v) is 13.6. The first-order chi connectivity index (χ1) is 22.7. The fraction of sp³-hybridized carbons (Fsp3) is 0.700. The number of nitrogens with zero attached hydrogens (tertiary/aromatic N) is 2. The van der Waals surface area contributed by atoms with Crippen molar-refractivity contribution in [2.24, 2.45) is 41.5 Å². The molecule has 7 unspecified atom stereocenters. The molecule has 1 aromatic heterocycles. The average molecular weight is 660 g/mol. The zero-order valence-corrected chi connectivity index (χ0v) is 30.3. The second-order valence-corrected chi connectivity index (χ2v) is 16.9. The van der Waals surface area contributed by atoms with Gasteiger partial charge < -0.3 is 24.6 Å². The number of aryl methyl sites for hydroxylation is 1. The molecule has 7 rings (SSSR count). The molecule has 2 bridgehead atoms. The van der Waals surface area contributed by atoms with Gasteiger partial charge in [-0.2, -0.15) is 5.10 Å².